The van der Waals surface area contributed by atoms with Gasteiger partial charge in [-0.1, -0.05) is 122 Å². The van der Waals surface area contributed by atoms with Crippen LogP contribution in [-0.4, -0.2) is 46.8 Å². The number of amides is 2. The summed E-state index contributed by atoms with van der Waals surface area (Å²) in [4.78, 5) is 25.6. The van der Waals surface area contributed by atoms with Gasteiger partial charge in [0, 0.05) is 13.2 Å². The molecule has 0 fully saturated rings. The summed E-state index contributed by atoms with van der Waals surface area (Å²) in [6.45, 7) is 4.04. The van der Waals surface area contributed by atoms with Gasteiger partial charge in [-0.05, 0) is 30.0 Å². The lowest BCUT2D eigenvalue weighted by Crippen LogP contribution is -2.60. The van der Waals surface area contributed by atoms with Crippen molar-refractivity contribution in [2.24, 2.45) is 0 Å². The lowest BCUT2D eigenvalue weighted by Gasteiger charge is -2.44. The molecule has 0 aromatic heterocycles. The number of ether oxygens (including phenoxy) is 1. The number of imide groups is 1. The number of hydrogen-bond donors (Lipinski definition) is 2. The molecule has 3 aromatic carbocycles. The molecule has 0 spiro atoms. The normalized spacial score (nSPS) is 17.8. The summed E-state index contributed by atoms with van der Waals surface area (Å²) in [5.74, 6) is -0.547. The number of carboxylic acid groups (broad SMARTS) is 1. The van der Waals surface area contributed by atoms with Crippen LogP contribution in [0.15, 0.2) is 103 Å². The minimum absolute atomic E-state index is 0.535. The minimum atomic E-state index is -1.28. The first kappa shape index (κ1) is 27.6. The van der Waals surface area contributed by atoms with E-state index in [0.29, 0.717) is 6.42 Å². The number of carbonyl (C=O) groups is 2. The summed E-state index contributed by atoms with van der Waals surface area (Å²) < 4.78 is 9.04. The predicted molar refractivity (Wildman–Crippen MR) is 152 cm³/mol. The minimum Gasteiger partial charge on any atom is -0.465 e. The van der Waals surface area contributed by atoms with Gasteiger partial charge in [0.25, 0.3) is 5.91 Å². The van der Waals surface area contributed by atoms with Crippen molar-refractivity contribution in [3.63, 3.8) is 0 Å². The Balaban J connectivity index is 1.87. The predicted octanol–water partition coefficient (Wildman–Crippen LogP) is 6.24. The van der Waals surface area contributed by atoms with Gasteiger partial charge in [-0.15, -0.1) is 0 Å². The van der Waals surface area contributed by atoms with Crippen LogP contribution in [0.25, 0.3) is 0 Å². The van der Waals surface area contributed by atoms with Crippen LogP contribution in [0.4, 0.5) is 4.79 Å². The number of benzene rings is 3. The van der Waals surface area contributed by atoms with Crippen molar-refractivity contribution < 1.29 is 19.4 Å². The number of methoxy groups -OCH3 is 1. The number of carbonyl (C=O) groups excluding carboxylic acids is 1. The molecule has 2 N–H and O–H groups in total. The maximum absolute atomic E-state index is 12.6. The van der Waals surface area contributed by atoms with E-state index in [0.717, 1.165) is 28.0 Å². The second kappa shape index (κ2) is 12.0. The number of rotatable bonds is 11. The molecule has 38 heavy (non-hydrogen) atoms. The van der Waals surface area contributed by atoms with Crippen LogP contribution in [0, 0.1) is 0 Å². The third-order valence-corrected chi connectivity index (χ3v) is 8.65. The Bertz CT molecular complexity index is 1160. The molecule has 1 heterocycles. The number of nitrogens with one attached hydrogen (secondary N) is 1. The van der Waals surface area contributed by atoms with Crippen molar-refractivity contribution in [3.05, 3.63) is 120 Å². The highest BCUT2D eigenvalue weighted by molar-refractivity contribution is 7.98. The molecule has 0 radical (unpaired) electrons. The molecule has 0 aliphatic carbocycles. The van der Waals surface area contributed by atoms with E-state index >= 15 is 0 Å². The SMILES string of the molecule is CCC[C@](C)(OC)[C@H](NSC(c1ccccc1)(c1ccccc1)c1ccccc1)[C@H]1C=CC(=O)N1C(=O)O. The second-order valence-corrected chi connectivity index (χ2v) is 10.6. The van der Waals surface area contributed by atoms with Crippen LogP contribution in [0.5, 0.6) is 0 Å². The maximum atomic E-state index is 12.6. The van der Waals surface area contributed by atoms with E-state index in [1.807, 2.05) is 61.5 Å². The molecular formula is C31H34N2O4S. The average Bonchev–Trinajstić information content (AvgIpc) is 3.33. The summed E-state index contributed by atoms with van der Waals surface area (Å²) in [5.41, 5.74) is 2.44. The molecule has 0 bridgehead atoms. The fraction of sp³-hybridized carbons (Fsp3) is 0.290. The highest BCUT2D eigenvalue weighted by Crippen LogP contribution is 2.48. The Kier molecular flexibility index (Phi) is 8.72. The zero-order chi connectivity index (χ0) is 27.2. The molecule has 0 saturated carbocycles. The van der Waals surface area contributed by atoms with E-state index < -0.39 is 34.4 Å². The molecule has 6 nitrogen and oxygen atoms in total. The van der Waals surface area contributed by atoms with Crippen molar-refractivity contribution in [2.45, 2.75) is 49.1 Å². The zero-order valence-corrected chi connectivity index (χ0v) is 22.7. The summed E-state index contributed by atoms with van der Waals surface area (Å²) >= 11 is 1.51. The molecule has 1 aliphatic rings. The Morgan fingerprint density at radius 2 is 1.45 bits per heavy atom. The maximum Gasteiger partial charge on any atom is 0.414 e. The van der Waals surface area contributed by atoms with Gasteiger partial charge in [-0.25, -0.2) is 9.69 Å². The van der Waals surface area contributed by atoms with Crippen molar-refractivity contribution in [1.29, 1.82) is 0 Å². The number of hydrogen-bond acceptors (Lipinski definition) is 5. The van der Waals surface area contributed by atoms with Crippen molar-refractivity contribution in [1.82, 2.24) is 9.62 Å². The average molecular weight is 531 g/mol. The van der Waals surface area contributed by atoms with Gasteiger partial charge in [-0.2, -0.15) is 0 Å². The quantitative estimate of drug-likeness (QED) is 0.226. The molecule has 0 saturated heterocycles. The Morgan fingerprint density at radius 1 is 0.974 bits per heavy atom. The standard InChI is InChI=1S/C31H34N2O4S/c1-4-22-30(2,37-3)28(26-20-21-27(34)33(26)29(35)36)32-38-31(23-14-8-5-9-15-23,24-16-10-6-11-17-24)25-18-12-7-13-19-25/h5-21,26,28,32H,4,22H2,1-3H3,(H,35,36)/t26-,28-,30+/m1/s1. The third kappa shape index (κ3) is 5.27. The Morgan fingerprint density at radius 3 is 1.84 bits per heavy atom. The van der Waals surface area contributed by atoms with Gasteiger partial charge in [0.2, 0.25) is 0 Å². The zero-order valence-electron chi connectivity index (χ0n) is 21.9. The van der Waals surface area contributed by atoms with Crippen molar-refractivity contribution in [3.8, 4) is 0 Å². The monoisotopic (exact) mass is 530 g/mol. The molecule has 2 amide bonds. The first-order valence-electron chi connectivity index (χ1n) is 12.8. The molecular weight excluding hydrogens is 496 g/mol. The van der Waals surface area contributed by atoms with E-state index in [9.17, 15) is 14.7 Å². The lowest BCUT2D eigenvalue weighted by molar-refractivity contribution is -0.125. The van der Waals surface area contributed by atoms with Crippen molar-refractivity contribution in [2.75, 3.05) is 7.11 Å². The Hall–Kier alpha value is -3.39. The van der Waals surface area contributed by atoms with Gasteiger partial charge < -0.3 is 9.84 Å². The van der Waals surface area contributed by atoms with E-state index in [2.05, 4.69) is 48.0 Å². The summed E-state index contributed by atoms with van der Waals surface area (Å²) in [6.07, 6.45) is 3.21. The molecule has 1 aliphatic heterocycles. The highest BCUT2D eigenvalue weighted by Gasteiger charge is 2.48. The molecule has 198 valence electrons. The van der Waals surface area contributed by atoms with E-state index in [4.69, 9.17) is 4.74 Å². The third-order valence-electron chi connectivity index (χ3n) is 7.27. The van der Waals surface area contributed by atoms with Crippen LogP contribution in [0.1, 0.15) is 43.4 Å². The second-order valence-electron chi connectivity index (χ2n) is 9.58. The molecule has 3 atom stereocenters. The summed E-state index contributed by atoms with van der Waals surface area (Å²) in [5, 5.41) is 9.92. The van der Waals surface area contributed by atoms with Gasteiger partial charge in [-0.3, -0.25) is 9.52 Å². The Labute approximate surface area is 228 Å². The van der Waals surface area contributed by atoms with E-state index in [1.54, 1.807) is 13.2 Å². The first-order valence-corrected chi connectivity index (χ1v) is 13.6. The van der Waals surface area contributed by atoms with Crippen LogP contribution >= 0.6 is 11.9 Å². The fourth-order valence-electron chi connectivity index (χ4n) is 5.26. The molecule has 0 unspecified atom stereocenters. The van der Waals surface area contributed by atoms with Gasteiger partial charge in [0.15, 0.2) is 0 Å². The molecule has 4 rings (SSSR count). The van der Waals surface area contributed by atoms with Crippen molar-refractivity contribution >= 4 is 23.9 Å². The van der Waals surface area contributed by atoms with Crippen LogP contribution in [0.3, 0.4) is 0 Å². The lowest BCUT2D eigenvalue weighted by atomic mass is 9.84. The topological polar surface area (TPSA) is 78.9 Å². The molecule has 3 aromatic rings. The smallest absolute Gasteiger partial charge is 0.414 e. The van der Waals surface area contributed by atoms with Gasteiger partial charge >= 0.3 is 6.09 Å². The first-order chi connectivity index (χ1) is 18.4. The molecule has 7 heteroatoms. The van der Waals surface area contributed by atoms with Gasteiger partial charge in [0.1, 0.15) is 4.75 Å². The number of nitrogens with zero attached hydrogens (tertiary/aromatic N) is 1. The summed E-state index contributed by atoms with van der Waals surface area (Å²) in [6, 6.07) is 29.5. The largest absolute Gasteiger partial charge is 0.465 e. The summed E-state index contributed by atoms with van der Waals surface area (Å²) in [7, 11) is 1.64. The van der Waals surface area contributed by atoms with Crippen LogP contribution < -0.4 is 4.72 Å². The van der Waals surface area contributed by atoms with E-state index in [1.165, 1.54) is 18.0 Å². The van der Waals surface area contributed by atoms with Gasteiger partial charge in [0.05, 0.1) is 17.7 Å². The van der Waals surface area contributed by atoms with Crippen LogP contribution in [0.2, 0.25) is 0 Å². The fourth-order valence-corrected chi connectivity index (χ4v) is 6.71. The highest BCUT2D eigenvalue weighted by atomic mass is 32.2. The van der Waals surface area contributed by atoms with E-state index in [-0.39, 0.29) is 0 Å². The van der Waals surface area contributed by atoms with Crippen LogP contribution in [-0.2, 0) is 14.3 Å².